The Labute approximate surface area is 118 Å². The second-order valence-electron chi connectivity index (χ2n) is 4.86. The Kier molecular flexibility index (Phi) is 3.07. The molecule has 0 aliphatic carbocycles. The molecule has 0 amide bonds. The molecule has 3 rings (SSSR count). The molecule has 0 atom stereocenters. The Morgan fingerprint density at radius 1 is 0.900 bits per heavy atom. The zero-order chi connectivity index (χ0) is 14.1. The molecule has 0 fully saturated rings. The summed E-state index contributed by atoms with van der Waals surface area (Å²) in [5, 5.41) is 11.9. The average Bonchev–Trinajstić information content (AvgIpc) is 2.49. The van der Waals surface area contributed by atoms with E-state index in [1.807, 2.05) is 37.3 Å². The van der Waals surface area contributed by atoms with Crippen LogP contribution in [0.4, 0.5) is 0 Å². The van der Waals surface area contributed by atoms with Crippen LogP contribution < -0.4 is 4.74 Å². The maximum Gasteiger partial charge on any atom is 0.126 e. The van der Waals surface area contributed by atoms with Crippen LogP contribution in [0.3, 0.4) is 0 Å². The lowest BCUT2D eigenvalue weighted by atomic mass is 9.96. The van der Waals surface area contributed by atoms with Gasteiger partial charge in [-0.3, -0.25) is 0 Å². The van der Waals surface area contributed by atoms with E-state index < -0.39 is 0 Å². The van der Waals surface area contributed by atoms with Crippen molar-refractivity contribution >= 4 is 10.8 Å². The molecule has 3 aromatic rings. The lowest BCUT2D eigenvalue weighted by molar-refractivity contribution is 0.420. The van der Waals surface area contributed by atoms with Crippen molar-refractivity contribution in [2.45, 2.75) is 6.92 Å². The van der Waals surface area contributed by atoms with Crippen LogP contribution in [0.15, 0.2) is 54.6 Å². The number of rotatable bonds is 2. The quantitative estimate of drug-likeness (QED) is 0.737. The van der Waals surface area contributed by atoms with Gasteiger partial charge in [0.25, 0.3) is 0 Å². The van der Waals surface area contributed by atoms with Crippen molar-refractivity contribution in [3.63, 3.8) is 0 Å². The van der Waals surface area contributed by atoms with Gasteiger partial charge in [0.1, 0.15) is 11.5 Å². The number of benzene rings is 3. The fourth-order valence-electron chi connectivity index (χ4n) is 2.52. The van der Waals surface area contributed by atoms with Crippen molar-refractivity contribution in [1.29, 1.82) is 0 Å². The third-order valence-corrected chi connectivity index (χ3v) is 3.61. The number of ether oxygens (including phenoxy) is 1. The van der Waals surface area contributed by atoms with Gasteiger partial charge < -0.3 is 9.84 Å². The highest BCUT2D eigenvalue weighted by Crippen LogP contribution is 2.35. The molecule has 0 bridgehead atoms. The first-order valence-electron chi connectivity index (χ1n) is 6.56. The summed E-state index contributed by atoms with van der Waals surface area (Å²) in [6, 6.07) is 17.9. The molecule has 20 heavy (non-hydrogen) atoms. The van der Waals surface area contributed by atoms with Crippen LogP contribution in [0.2, 0.25) is 0 Å². The van der Waals surface area contributed by atoms with Crippen molar-refractivity contribution < 1.29 is 9.84 Å². The van der Waals surface area contributed by atoms with E-state index in [0.29, 0.717) is 5.75 Å². The number of methoxy groups -OCH3 is 1. The van der Waals surface area contributed by atoms with Crippen LogP contribution in [0.1, 0.15) is 5.56 Å². The molecule has 0 saturated carbocycles. The smallest absolute Gasteiger partial charge is 0.126 e. The maximum atomic E-state index is 9.67. The summed E-state index contributed by atoms with van der Waals surface area (Å²) in [6.07, 6.45) is 0. The monoisotopic (exact) mass is 264 g/mol. The van der Waals surface area contributed by atoms with Crippen LogP contribution in [0.25, 0.3) is 21.9 Å². The van der Waals surface area contributed by atoms with Crippen molar-refractivity contribution in [3.8, 4) is 22.6 Å². The second-order valence-corrected chi connectivity index (χ2v) is 4.86. The predicted octanol–water partition coefficient (Wildman–Crippen LogP) is 4.53. The summed E-state index contributed by atoms with van der Waals surface area (Å²) in [7, 11) is 1.69. The van der Waals surface area contributed by atoms with E-state index in [4.69, 9.17) is 4.74 Å². The van der Waals surface area contributed by atoms with E-state index >= 15 is 0 Å². The minimum absolute atomic E-state index is 0.326. The Balaban J connectivity index is 2.29. The summed E-state index contributed by atoms with van der Waals surface area (Å²) in [6.45, 7) is 1.91. The van der Waals surface area contributed by atoms with Gasteiger partial charge in [0.15, 0.2) is 0 Å². The standard InChI is InChI=1S/C18H16O2/c1-12-11-13(7-9-17(12)19)14-8-10-18(20-2)16-6-4-3-5-15(14)16/h3-11,19H,1-2H3. The first-order valence-corrected chi connectivity index (χ1v) is 6.56. The molecule has 100 valence electrons. The highest BCUT2D eigenvalue weighted by atomic mass is 16.5. The van der Waals surface area contributed by atoms with Crippen molar-refractivity contribution in [3.05, 3.63) is 60.2 Å². The zero-order valence-electron chi connectivity index (χ0n) is 11.6. The number of hydrogen-bond acceptors (Lipinski definition) is 2. The largest absolute Gasteiger partial charge is 0.508 e. The van der Waals surface area contributed by atoms with Gasteiger partial charge in [0.05, 0.1) is 7.11 Å². The molecule has 0 aliphatic rings. The number of aromatic hydroxyl groups is 1. The van der Waals surface area contributed by atoms with Gasteiger partial charge in [0.2, 0.25) is 0 Å². The normalized spacial score (nSPS) is 10.7. The minimum Gasteiger partial charge on any atom is -0.508 e. The Hall–Kier alpha value is -2.48. The highest BCUT2D eigenvalue weighted by molar-refractivity contribution is 6.00. The van der Waals surface area contributed by atoms with Gasteiger partial charge in [0, 0.05) is 5.39 Å². The van der Waals surface area contributed by atoms with Gasteiger partial charge in [-0.25, -0.2) is 0 Å². The van der Waals surface area contributed by atoms with Gasteiger partial charge in [-0.05, 0) is 47.2 Å². The van der Waals surface area contributed by atoms with Crippen molar-refractivity contribution in [1.82, 2.24) is 0 Å². The SMILES string of the molecule is COc1ccc(-c2ccc(O)c(C)c2)c2ccccc12. The van der Waals surface area contributed by atoms with E-state index in [-0.39, 0.29) is 0 Å². The molecule has 0 aliphatic heterocycles. The van der Waals surface area contributed by atoms with E-state index in [0.717, 1.165) is 33.2 Å². The Morgan fingerprint density at radius 2 is 1.65 bits per heavy atom. The third kappa shape index (κ3) is 1.99. The lowest BCUT2D eigenvalue weighted by Gasteiger charge is -2.11. The minimum atomic E-state index is 0.326. The topological polar surface area (TPSA) is 29.5 Å². The van der Waals surface area contributed by atoms with Gasteiger partial charge in [-0.15, -0.1) is 0 Å². The molecule has 3 aromatic carbocycles. The molecule has 0 radical (unpaired) electrons. The predicted molar refractivity (Wildman–Crippen MR) is 82.3 cm³/mol. The van der Waals surface area contributed by atoms with Gasteiger partial charge in [-0.2, -0.15) is 0 Å². The molecular weight excluding hydrogens is 248 g/mol. The van der Waals surface area contributed by atoms with E-state index in [1.165, 1.54) is 0 Å². The highest BCUT2D eigenvalue weighted by Gasteiger charge is 2.08. The zero-order valence-corrected chi connectivity index (χ0v) is 11.6. The molecular formula is C18H16O2. The first-order chi connectivity index (χ1) is 9.70. The molecule has 0 heterocycles. The molecule has 2 heteroatoms. The fraction of sp³-hybridized carbons (Fsp3) is 0.111. The van der Waals surface area contributed by atoms with Crippen LogP contribution in [0, 0.1) is 6.92 Å². The Morgan fingerprint density at radius 3 is 2.35 bits per heavy atom. The second kappa shape index (κ2) is 4.89. The number of fused-ring (bicyclic) bond motifs is 1. The molecule has 0 saturated heterocycles. The van der Waals surface area contributed by atoms with Crippen molar-refractivity contribution in [2.75, 3.05) is 7.11 Å². The summed E-state index contributed by atoms with van der Waals surface area (Å²) in [4.78, 5) is 0. The van der Waals surface area contributed by atoms with E-state index in [1.54, 1.807) is 13.2 Å². The molecule has 1 N–H and O–H groups in total. The molecule has 0 aromatic heterocycles. The lowest BCUT2D eigenvalue weighted by Crippen LogP contribution is -1.88. The number of phenols is 1. The number of hydrogen-bond donors (Lipinski definition) is 1. The summed E-state index contributed by atoms with van der Waals surface area (Å²) < 4.78 is 5.42. The number of phenolic OH excluding ortho intramolecular Hbond substituents is 1. The molecule has 0 spiro atoms. The van der Waals surface area contributed by atoms with E-state index in [2.05, 4.69) is 18.2 Å². The Bertz CT molecular complexity index is 775. The fourth-order valence-corrected chi connectivity index (χ4v) is 2.52. The van der Waals surface area contributed by atoms with E-state index in [9.17, 15) is 5.11 Å². The van der Waals surface area contributed by atoms with Gasteiger partial charge >= 0.3 is 0 Å². The third-order valence-electron chi connectivity index (χ3n) is 3.61. The average molecular weight is 264 g/mol. The van der Waals surface area contributed by atoms with Crippen LogP contribution >= 0.6 is 0 Å². The molecule has 2 nitrogen and oxygen atoms in total. The van der Waals surface area contributed by atoms with Crippen LogP contribution in [-0.4, -0.2) is 12.2 Å². The molecule has 0 unspecified atom stereocenters. The van der Waals surface area contributed by atoms with Crippen molar-refractivity contribution in [2.24, 2.45) is 0 Å². The van der Waals surface area contributed by atoms with Gasteiger partial charge in [-0.1, -0.05) is 36.4 Å². The van der Waals surface area contributed by atoms with Crippen LogP contribution in [-0.2, 0) is 0 Å². The maximum absolute atomic E-state index is 9.67. The first kappa shape index (κ1) is 12.5. The summed E-state index contributed by atoms with van der Waals surface area (Å²) in [5.74, 6) is 1.20. The summed E-state index contributed by atoms with van der Waals surface area (Å²) in [5.41, 5.74) is 3.12. The van der Waals surface area contributed by atoms with Crippen LogP contribution in [0.5, 0.6) is 11.5 Å². The summed E-state index contributed by atoms with van der Waals surface area (Å²) >= 11 is 0. The number of aryl methyl sites for hydroxylation is 1.